The number of nitrogens with one attached hydrogen (secondary N) is 3. The SMILES string of the molecule is CSc1ccccc1NCC(=O)Nc1ccccc1C(=O)Nc1ccccc1. The minimum absolute atomic E-state index is 0.103. The van der Waals surface area contributed by atoms with Crippen LogP contribution in [0.4, 0.5) is 17.1 Å². The average Bonchev–Trinajstić information content (AvgIpc) is 2.73. The molecule has 3 rings (SSSR count). The zero-order valence-electron chi connectivity index (χ0n) is 15.4. The molecule has 0 aliphatic heterocycles. The molecule has 0 saturated heterocycles. The van der Waals surface area contributed by atoms with Gasteiger partial charge in [-0.15, -0.1) is 11.8 Å². The van der Waals surface area contributed by atoms with E-state index in [2.05, 4.69) is 16.0 Å². The van der Waals surface area contributed by atoms with Gasteiger partial charge in [0.25, 0.3) is 5.91 Å². The van der Waals surface area contributed by atoms with Gasteiger partial charge in [-0.1, -0.05) is 42.5 Å². The highest BCUT2D eigenvalue weighted by atomic mass is 32.2. The normalized spacial score (nSPS) is 10.2. The van der Waals surface area contributed by atoms with E-state index in [1.165, 1.54) is 0 Å². The van der Waals surface area contributed by atoms with E-state index < -0.39 is 0 Å². The average molecular weight is 391 g/mol. The van der Waals surface area contributed by atoms with Crippen molar-refractivity contribution >= 4 is 40.6 Å². The highest BCUT2D eigenvalue weighted by molar-refractivity contribution is 7.98. The number of hydrogen-bond acceptors (Lipinski definition) is 4. The molecule has 0 aliphatic carbocycles. The predicted molar refractivity (Wildman–Crippen MR) is 116 cm³/mol. The number of amides is 2. The third kappa shape index (κ3) is 5.14. The Morgan fingerprint density at radius 1 is 0.786 bits per heavy atom. The molecule has 0 saturated carbocycles. The first-order valence-corrected chi connectivity index (χ1v) is 10.0. The topological polar surface area (TPSA) is 70.2 Å². The van der Waals surface area contributed by atoms with Crippen molar-refractivity contribution in [3.8, 4) is 0 Å². The molecule has 0 atom stereocenters. The van der Waals surface area contributed by atoms with Crippen molar-refractivity contribution in [3.63, 3.8) is 0 Å². The van der Waals surface area contributed by atoms with Crippen molar-refractivity contribution in [1.29, 1.82) is 0 Å². The highest BCUT2D eigenvalue weighted by Crippen LogP contribution is 2.24. The maximum Gasteiger partial charge on any atom is 0.257 e. The lowest BCUT2D eigenvalue weighted by atomic mass is 10.1. The molecule has 3 N–H and O–H groups in total. The van der Waals surface area contributed by atoms with E-state index >= 15 is 0 Å². The third-order valence-electron chi connectivity index (χ3n) is 4.02. The Bertz CT molecular complexity index is 961. The van der Waals surface area contributed by atoms with Gasteiger partial charge >= 0.3 is 0 Å². The van der Waals surface area contributed by atoms with Crippen molar-refractivity contribution in [2.75, 3.05) is 28.8 Å². The number of carbonyl (C=O) groups excluding carboxylic acids is 2. The van der Waals surface area contributed by atoms with Crippen LogP contribution in [0.1, 0.15) is 10.4 Å². The van der Waals surface area contributed by atoms with Crippen LogP contribution in [0.3, 0.4) is 0 Å². The third-order valence-corrected chi connectivity index (χ3v) is 4.82. The fourth-order valence-electron chi connectivity index (χ4n) is 2.67. The molecule has 0 radical (unpaired) electrons. The summed E-state index contributed by atoms with van der Waals surface area (Å²) in [5.74, 6) is -0.501. The molecule has 0 aromatic heterocycles. The maximum atomic E-state index is 12.6. The molecule has 142 valence electrons. The number of thioether (sulfide) groups is 1. The van der Waals surface area contributed by atoms with Crippen LogP contribution in [0.25, 0.3) is 0 Å². The fraction of sp³-hybridized carbons (Fsp3) is 0.0909. The van der Waals surface area contributed by atoms with Gasteiger partial charge < -0.3 is 16.0 Å². The largest absolute Gasteiger partial charge is 0.375 e. The van der Waals surface area contributed by atoms with Crippen LogP contribution < -0.4 is 16.0 Å². The molecule has 3 aromatic rings. The maximum absolute atomic E-state index is 12.6. The number of carbonyl (C=O) groups is 2. The first kappa shape index (κ1) is 19.5. The van der Waals surface area contributed by atoms with Crippen LogP contribution in [0.15, 0.2) is 83.8 Å². The summed E-state index contributed by atoms with van der Waals surface area (Å²) in [5, 5.41) is 8.79. The van der Waals surface area contributed by atoms with Gasteiger partial charge in [-0.2, -0.15) is 0 Å². The molecular formula is C22H21N3O2S. The van der Waals surface area contributed by atoms with Crippen LogP contribution in [0.2, 0.25) is 0 Å². The predicted octanol–water partition coefficient (Wildman–Crippen LogP) is 4.71. The van der Waals surface area contributed by atoms with Crippen molar-refractivity contribution in [1.82, 2.24) is 0 Å². The minimum Gasteiger partial charge on any atom is -0.375 e. The van der Waals surface area contributed by atoms with Crippen LogP contribution in [0.5, 0.6) is 0 Å². The molecule has 0 aliphatic rings. The number of anilines is 3. The Kier molecular flexibility index (Phi) is 6.70. The Hall–Kier alpha value is -3.25. The van der Waals surface area contributed by atoms with E-state index in [9.17, 15) is 9.59 Å². The summed E-state index contributed by atoms with van der Waals surface area (Å²) in [5.41, 5.74) is 2.48. The van der Waals surface area contributed by atoms with Gasteiger partial charge in [-0.25, -0.2) is 0 Å². The van der Waals surface area contributed by atoms with E-state index in [4.69, 9.17) is 0 Å². The van der Waals surface area contributed by atoms with E-state index in [1.54, 1.807) is 36.0 Å². The molecular weight excluding hydrogens is 370 g/mol. The van der Waals surface area contributed by atoms with Crippen LogP contribution in [-0.4, -0.2) is 24.6 Å². The summed E-state index contributed by atoms with van der Waals surface area (Å²) in [4.78, 5) is 26.1. The Balaban J connectivity index is 1.65. The van der Waals surface area contributed by atoms with Crippen molar-refractivity contribution in [2.24, 2.45) is 0 Å². The van der Waals surface area contributed by atoms with Gasteiger partial charge in [0.1, 0.15) is 0 Å². The van der Waals surface area contributed by atoms with Gasteiger partial charge in [0, 0.05) is 16.3 Å². The standard InChI is InChI=1S/C22H21N3O2S/c1-28-20-14-8-7-13-19(20)23-15-21(26)25-18-12-6-5-11-17(18)22(27)24-16-9-3-2-4-10-16/h2-14,23H,15H2,1H3,(H,24,27)(H,25,26). The lowest BCUT2D eigenvalue weighted by Crippen LogP contribution is -2.24. The Morgan fingerprint density at radius 2 is 1.43 bits per heavy atom. The van der Waals surface area contributed by atoms with Crippen LogP contribution >= 0.6 is 11.8 Å². The number of rotatable bonds is 7. The van der Waals surface area contributed by atoms with Crippen molar-refractivity contribution < 1.29 is 9.59 Å². The summed E-state index contributed by atoms with van der Waals surface area (Å²) in [6, 6.07) is 24.0. The number of para-hydroxylation sites is 3. The molecule has 0 spiro atoms. The van der Waals surface area contributed by atoms with Gasteiger partial charge in [0.05, 0.1) is 17.8 Å². The fourth-order valence-corrected chi connectivity index (χ4v) is 3.25. The minimum atomic E-state index is -0.275. The van der Waals surface area contributed by atoms with E-state index in [1.807, 2.05) is 60.9 Å². The molecule has 28 heavy (non-hydrogen) atoms. The quantitative estimate of drug-likeness (QED) is 0.510. The highest BCUT2D eigenvalue weighted by Gasteiger charge is 2.13. The lowest BCUT2D eigenvalue weighted by molar-refractivity contribution is -0.114. The first-order chi connectivity index (χ1) is 13.7. The van der Waals surface area contributed by atoms with Gasteiger partial charge in [0.2, 0.25) is 5.91 Å². The summed E-state index contributed by atoms with van der Waals surface area (Å²) in [7, 11) is 0. The smallest absolute Gasteiger partial charge is 0.257 e. The molecule has 0 heterocycles. The Morgan fingerprint density at radius 3 is 2.18 bits per heavy atom. The van der Waals surface area contributed by atoms with Crippen molar-refractivity contribution in [2.45, 2.75) is 4.90 Å². The summed E-state index contributed by atoms with van der Waals surface area (Å²) < 4.78 is 0. The van der Waals surface area contributed by atoms with Crippen LogP contribution in [-0.2, 0) is 4.79 Å². The number of hydrogen-bond donors (Lipinski definition) is 3. The summed E-state index contributed by atoms with van der Waals surface area (Å²) in [6.07, 6.45) is 1.99. The molecule has 6 heteroatoms. The lowest BCUT2D eigenvalue weighted by Gasteiger charge is -2.13. The summed E-state index contributed by atoms with van der Waals surface area (Å²) >= 11 is 1.61. The zero-order chi connectivity index (χ0) is 19.8. The molecule has 3 aromatic carbocycles. The monoisotopic (exact) mass is 391 g/mol. The zero-order valence-corrected chi connectivity index (χ0v) is 16.3. The van der Waals surface area contributed by atoms with Crippen LogP contribution in [0, 0.1) is 0 Å². The van der Waals surface area contributed by atoms with Gasteiger partial charge in [0.15, 0.2) is 0 Å². The Labute approximate surface area is 168 Å². The van der Waals surface area contributed by atoms with E-state index in [-0.39, 0.29) is 18.4 Å². The molecule has 0 unspecified atom stereocenters. The number of benzene rings is 3. The molecule has 0 fully saturated rings. The van der Waals surface area contributed by atoms with E-state index in [0.29, 0.717) is 16.9 Å². The van der Waals surface area contributed by atoms with Crippen molar-refractivity contribution in [3.05, 3.63) is 84.4 Å². The molecule has 5 nitrogen and oxygen atoms in total. The van der Waals surface area contributed by atoms with E-state index in [0.717, 1.165) is 10.6 Å². The molecule has 2 amide bonds. The second-order valence-corrected chi connectivity index (χ2v) is 6.82. The van der Waals surface area contributed by atoms with Gasteiger partial charge in [-0.3, -0.25) is 9.59 Å². The second-order valence-electron chi connectivity index (χ2n) is 5.97. The van der Waals surface area contributed by atoms with Gasteiger partial charge in [-0.05, 0) is 42.7 Å². The molecule has 0 bridgehead atoms. The first-order valence-electron chi connectivity index (χ1n) is 8.79. The summed E-state index contributed by atoms with van der Waals surface area (Å²) in [6.45, 7) is 0.103. The second kappa shape index (κ2) is 9.62.